The van der Waals surface area contributed by atoms with Crippen LogP contribution in [0.4, 0.5) is 9.59 Å². The molecule has 0 heterocycles. The van der Waals surface area contributed by atoms with Gasteiger partial charge in [0.25, 0.3) is 0 Å². The summed E-state index contributed by atoms with van der Waals surface area (Å²) in [7, 11) is 0. The second-order valence-corrected chi connectivity index (χ2v) is 12.0. The van der Waals surface area contributed by atoms with Gasteiger partial charge in [0.1, 0.15) is 0 Å². The number of carbonyl (C=O) groups excluding carboxylic acids is 2. The van der Waals surface area contributed by atoms with Gasteiger partial charge in [-0.15, -0.1) is 0 Å². The van der Waals surface area contributed by atoms with Gasteiger partial charge in [0.15, 0.2) is 0 Å². The number of carbonyl (C=O) groups is 2. The zero-order chi connectivity index (χ0) is 21.9. The molecule has 6 nitrogen and oxygen atoms in total. The van der Waals surface area contributed by atoms with Crippen LogP contribution < -0.4 is 21.3 Å². The van der Waals surface area contributed by atoms with Crippen LogP contribution in [0.5, 0.6) is 0 Å². The Morgan fingerprint density at radius 2 is 1.00 bits per heavy atom. The number of hydrogen-bond donors (Lipinski definition) is 4. The lowest BCUT2D eigenvalue weighted by Crippen LogP contribution is -2.43. The van der Waals surface area contributed by atoms with Crippen LogP contribution >= 0.6 is 0 Å². The Balaban J connectivity index is 0.933. The van der Waals surface area contributed by atoms with E-state index in [2.05, 4.69) is 21.3 Å². The Morgan fingerprint density at radius 1 is 0.531 bits per heavy atom. The molecular weight excluding hydrogens is 400 g/mol. The quantitative estimate of drug-likeness (QED) is 0.451. The zero-order valence-electron chi connectivity index (χ0n) is 19.7. The van der Waals surface area contributed by atoms with Crippen LogP contribution in [-0.4, -0.2) is 38.2 Å². The van der Waals surface area contributed by atoms with E-state index in [1.807, 2.05) is 0 Å². The molecule has 4 N–H and O–H groups in total. The molecule has 0 unspecified atom stereocenters. The Morgan fingerprint density at radius 3 is 1.41 bits per heavy atom. The van der Waals surface area contributed by atoms with Crippen molar-refractivity contribution in [3.8, 4) is 0 Å². The van der Waals surface area contributed by atoms with Crippen molar-refractivity contribution in [1.82, 2.24) is 21.3 Å². The van der Waals surface area contributed by atoms with E-state index >= 15 is 0 Å². The molecule has 8 atom stereocenters. The van der Waals surface area contributed by atoms with Crippen LogP contribution in [0.3, 0.4) is 0 Å². The lowest BCUT2D eigenvalue weighted by Gasteiger charge is -2.30. The monoisotopic (exact) mass is 444 g/mol. The van der Waals surface area contributed by atoms with Crippen molar-refractivity contribution >= 4 is 12.1 Å². The zero-order valence-corrected chi connectivity index (χ0v) is 19.7. The van der Waals surface area contributed by atoms with Crippen molar-refractivity contribution in [2.24, 2.45) is 47.3 Å². The molecule has 0 saturated heterocycles. The highest BCUT2D eigenvalue weighted by molar-refractivity contribution is 5.74. The minimum absolute atomic E-state index is 0.00742. The molecule has 0 aromatic carbocycles. The molecule has 4 amide bonds. The van der Waals surface area contributed by atoms with E-state index in [0.29, 0.717) is 23.7 Å². The summed E-state index contributed by atoms with van der Waals surface area (Å²) in [6.45, 7) is 3.22. The number of fused-ring (bicyclic) bond motifs is 4. The highest BCUT2D eigenvalue weighted by atomic mass is 16.2. The van der Waals surface area contributed by atoms with Gasteiger partial charge in [-0.25, -0.2) is 9.59 Å². The Kier molecular flexibility index (Phi) is 7.13. The van der Waals surface area contributed by atoms with Crippen molar-refractivity contribution in [1.29, 1.82) is 0 Å². The number of urea groups is 2. The Bertz CT molecular complexity index is 616. The predicted octanol–water partition coefficient (Wildman–Crippen LogP) is 4.26. The summed E-state index contributed by atoms with van der Waals surface area (Å²) in [6, 6.07) is 0.0148. The van der Waals surface area contributed by atoms with E-state index in [1.165, 1.54) is 70.6 Å². The van der Waals surface area contributed by atoms with E-state index in [0.717, 1.165) is 56.3 Å². The summed E-state index contributed by atoms with van der Waals surface area (Å²) in [5.74, 6) is 6.06. The summed E-state index contributed by atoms with van der Waals surface area (Å²) in [5.41, 5.74) is 0. The summed E-state index contributed by atoms with van der Waals surface area (Å²) in [5, 5.41) is 12.5. The third-order valence-electron chi connectivity index (χ3n) is 9.81. The third-order valence-corrected chi connectivity index (χ3v) is 9.81. The molecule has 4 bridgehead atoms. The summed E-state index contributed by atoms with van der Waals surface area (Å²) in [6.07, 6.45) is 15.6. The average molecular weight is 445 g/mol. The van der Waals surface area contributed by atoms with Gasteiger partial charge in [-0.2, -0.15) is 0 Å². The first kappa shape index (κ1) is 22.3. The fraction of sp³-hybridized carbons (Fsp3) is 0.923. The number of nitrogens with one attached hydrogen (secondary N) is 4. The Labute approximate surface area is 193 Å². The molecule has 0 aliphatic heterocycles. The van der Waals surface area contributed by atoms with Crippen LogP contribution in [0, 0.1) is 47.3 Å². The normalized spacial score (nSPS) is 39.8. The Hall–Kier alpha value is -1.46. The van der Waals surface area contributed by atoms with Crippen LogP contribution in [0.2, 0.25) is 0 Å². The van der Waals surface area contributed by atoms with E-state index in [1.54, 1.807) is 0 Å². The second-order valence-electron chi connectivity index (χ2n) is 12.0. The average Bonchev–Trinajstić information content (AvgIpc) is 3.61. The molecule has 5 rings (SSSR count). The molecule has 0 spiro atoms. The molecule has 180 valence electrons. The van der Waals surface area contributed by atoms with Gasteiger partial charge in [-0.1, -0.05) is 19.3 Å². The van der Waals surface area contributed by atoms with Gasteiger partial charge in [-0.05, 0) is 105 Å². The molecule has 0 aromatic rings. The van der Waals surface area contributed by atoms with Crippen molar-refractivity contribution in [3.63, 3.8) is 0 Å². The first-order chi connectivity index (χ1) is 15.6. The van der Waals surface area contributed by atoms with Crippen molar-refractivity contribution in [2.45, 2.75) is 77.0 Å². The molecule has 0 radical (unpaired) electrons. The van der Waals surface area contributed by atoms with Gasteiger partial charge in [0.2, 0.25) is 0 Å². The molecule has 5 saturated carbocycles. The number of hydrogen-bond acceptors (Lipinski definition) is 2. The van der Waals surface area contributed by atoms with Crippen LogP contribution in [0.1, 0.15) is 77.0 Å². The lowest BCUT2D eigenvalue weighted by molar-refractivity contribution is 0.217. The van der Waals surface area contributed by atoms with Gasteiger partial charge < -0.3 is 21.3 Å². The maximum absolute atomic E-state index is 12.3. The summed E-state index contributed by atoms with van der Waals surface area (Å²) < 4.78 is 0. The van der Waals surface area contributed by atoms with Crippen LogP contribution in [0.15, 0.2) is 0 Å². The van der Waals surface area contributed by atoms with E-state index < -0.39 is 0 Å². The molecule has 5 fully saturated rings. The third kappa shape index (κ3) is 5.53. The molecular formula is C26H44N4O2. The minimum atomic E-state index is 0.00742. The van der Waals surface area contributed by atoms with Crippen molar-refractivity contribution < 1.29 is 9.59 Å². The molecule has 5 aliphatic rings. The highest BCUT2D eigenvalue weighted by Gasteiger charge is 2.40. The van der Waals surface area contributed by atoms with Crippen molar-refractivity contribution in [2.75, 3.05) is 26.2 Å². The molecule has 32 heavy (non-hydrogen) atoms. The number of rotatable bonds is 8. The van der Waals surface area contributed by atoms with E-state index in [4.69, 9.17) is 0 Å². The van der Waals surface area contributed by atoms with Gasteiger partial charge in [0.05, 0.1) is 0 Å². The fourth-order valence-corrected chi connectivity index (χ4v) is 8.07. The van der Waals surface area contributed by atoms with Crippen LogP contribution in [0.25, 0.3) is 0 Å². The second kappa shape index (κ2) is 10.2. The number of amides is 4. The van der Waals surface area contributed by atoms with Crippen molar-refractivity contribution in [3.05, 3.63) is 0 Å². The maximum atomic E-state index is 12.3. The first-order valence-electron chi connectivity index (χ1n) is 13.7. The topological polar surface area (TPSA) is 82.3 Å². The molecule has 5 aliphatic carbocycles. The largest absolute Gasteiger partial charge is 0.338 e. The predicted molar refractivity (Wildman–Crippen MR) is 126 cm³/mol. The fourth-order valence-electron chi connectivity index (χ4n) is 8.07. The summed E-state index contributed by atoms with van der Waals surface area (Å²) >= 11 is 0. The maximum Gasteiger partial charge on any atom is 0.314 e. The van der Waals surface area contributed by atoms with Gasteiger partial charge in [-0.3, -0.25) is 0 Å². The van der Waals surface area contributed by atoms with E-state index in [9.17, 15) is 9.59 Å². The van der Waals surface area contributed by atoms with Crippen LogP contribution in [-0.2, 0) is 0 Å². The summed E-state index contributed by atoms with van der Waals surface area (Å²) in [4.78, 5) is 24.6. The molecule has 6 heteroatoms. The smallest absolute Gasteiger partial charge is 0.314 e. The highest BCUT2D eigenvalue weighted by Crippen LogP contribution is 2.48. The minimum Gasteiger partial charge on any atom is -0.338 e. The SMILES string of the molecule is O=C(NC[C@H]1CCC[C@@H](CNC(=O)NC[C@H]2C[C@H]3CC[C@H]2C3)C1)NC[C@H]1C[C@H]2CC[C@H]1C2. The van der Waals surface area contributed by atoms with Gasteiger partial charge >= 0.3 is 12.1 Å². The molecule has 0 aromatic heterocycles. The van der Waals surface area contributed by atoms with E-state index in [-0.39, 0.29) is 12.1 Å². The standard InChI is InChI=1S/C26H44N4O2/c31-25(29-15-23-11-17-4-6-21(23)9-17)27-13-19-2-1-3-20(8-19)14-28-26(32)30-16-24-12-18-5-7-22(24)10-18/h17-24H,1-16H2,(H2,27,29,31)(H2,28,30,32)/t17-,18-,19-,20+,21-,22-,23+,24+/m0/s1. The first-order valence-corrected chi connectivity index (χ1v) is 13.7. The van der Waals surface area contributed by atoms with Gasteiger partial charge in [0, 0.05) is 26.2 Å². The lowest BCUT2D eigenvalue weighted by atomic mass is 9.81.